The molecular weight excluding hydrogens is 415 g/mol. The van der Waals surface area contributed by atoms with Crippen LogP contribution < -0.4 is 4.74 Å². The fraction of sp³-hybridized carbons (Fsp3) is 0.524. The van der Waals surface area contributed by atoms with Crippen molar-refractivity contribution < 1.29 is 32.5 Å². The van der Waals surface area contributed by atoms with Gasteiger partial charge in [-0.05, 0) is 38.0 Å². The summed E-state index contributed by atoms with van der Waals surface area (Å²) in [4.78, 5) is 11.4. The minimum Gasteiger partial charge on any atom is -0.497 e. The zero-order valence-corrected chi connectivity index (χ0v) is 18.1. The number of aryl methyl sites for hydroxylation is 1. The molecule has 1 aromatic heterocycles. The third kappa shape index (κ3) is 7.25. The number of alkyl halides is 3. The Kier molecular flexibility index (Phi) is 8.46. The van der Waals surface area contributed by atoms with Crippen LogP contribution >= 0.6 is 0 Å². The van der Waals surface area contributed by atoms with Crippen molar-refractivity contribution in [1.82, 2.24) is 14.7 Å². The maximum atomic E-state index is 10.6. The molecule has 172 valence electrons. The van der Waals surface area contributed by atoms with E-state index in [0.717, 1.165) is 37.5 Å². The Hall–Kier alpha value is -2.59. The van der Waals surface area contributed by atoms with E-state index < -0.39 is 12.1 Å². The van der Waals surface area contributed by atoms with Crippen LogP contribution in [-0.4, -0.2) is 51.7 Å². The van der Waals surface area contributed by atoms with E-state index in [0.29, 0.717) is 6.61 Å². The lowest BCUT2D eigenvalue weighted by Crippen LogP contribution is -2.31. The van der Waals surface area contributed by atoms with Crippen molar-refractivity contribution in [3.05, 3.63) is 46.8 Å². The summed E-state index contributed by atoms with van der Waals surface area (Å²) in [5, 5.41) is 11.8. The number of halogens is 3. The topological polar surface area (TPSA) is 76.8 Å². The van der Waals surface area contributed by atoms with Gasteiger partial charge in [0.05, 0.1) is 31.2 Å². The monoisotopic (exact) mass is 443 g/mol. The highest BCUT2D eigenvalue weighted by Crippen LogP contribution is 2.24. The third-order valence-corrected chi connectivity index (χ3v) is 4.77. The molecule has 2 heterocycles. The Labute approximate surface area is 179 Å². The number of aromatic nitrogens is 2. The highest BCUT2D eigenvalue weighted by molar-refractivity contribution is 5.73. The van der Waals surface area contributed by atoms with Gasteiger partial charge >= 0.3 is 12.1 Å². The first-order valence-corrected chi connectivity index (χ1v) is 9.81. The standard InChI is InChI=1S/C19H27N3O2.C2HF3O2/c1-14(2)24-13-18-17-9-10-22(12-19(17)21(3)20-18)11-15-5-7-16(23-4)8-6-15;3-2(4,5)1(6)7/h5-8,14H,9-13H2,1-4H3;(H,6,7). The summed E-state index contributed by atoms with van der Waals surface area (Å²) in [6.07, 6.45) is -3.81. The van der Waals surface area contributed by atoms with Gasteiger partial charge in [0.25, 0.3) is 0 Å². The Morgan fingerprint density at radius 2 is 1.87 bits per heavy atom. The van der Waals surface area contributed by atoms with Crippen molar-refractivity contribution in [2.45, 2.75) is 52.2 Å². The number of benzene rings is 1. The molecule has 0 amide bonds. The number of nitrogens with zero attached hydrogens (tertiary/aromatic N) is 3. The Morgan fingerprint density at radius 1 is 1.26 bits per heavy atom. The number of carbonyl (C=O) groups is 1. The largest absolute Gasteiger partial charge is 0.497 e. The molecule has 0 aliphatic carbocycles. The first kappa shape index (κ1) is 24.7. The molecule has 1 aromatic carbocycles. The summed E-state index contributed by atoms with van der Waals surface area (Å²) in [6.45, 7) is 7.68. The van der Waals surface area contributed by atoms with Gasteiger partial charge in [-0.15, -0.1) is 0 Å². The quantitative estimate of drug-likeness (QED) is 0.736. The van der Waals surface area contributed by atoms with E-state index in [9.17, 15) is 13.2 Å². The van der Waals surface area contributed by atoms with Gasteiger partial charge in [-0.3, -0.25) is 9.58 Å². The number of hydrogen-bond acceptors (Lipinski definition) is 5. The Balaban J connectivity index is 0.000000423. The van der Waals surface area contributed by atoms with E-state index in [2.05, 4.69) is 36.0 Å². The van der Waals surface area contributed by atoms with Gasteiger partial charge in [0.2, 0.25) is 0 Å². The molecular formula is C21H28F3N3O4. The van der Waals surface area contributed by atoms with Crippen LogP contribution in [0, 0.1) is 0 Å². The SMILES string of the molecule is COc1ccc(CN2CCc3c(COC(C)C)nn(C)c3C2)cc1.O=C(O)C(F)(F)F. The number of aliphatic carboxylic acids is 1. The fourth-order valence-corrected chi connectivity index (χ4v) is 3.20. The molecule has 0 spiro atoms. The first-order chi connectivity index (χ1) is 14.5. The molecule has 1 N–H and O–H groups in total. The number of rotatable bonds is 6. The van der Waals surface area contributed by atoms with Gasteiger partial charge in [0, 0.05) is 32.2 Å². The van der Waals surface area contributed by atoms with Gasteiger partial charge in [-0.2, -0.15) is 18.3 Å². The lowest BCUT2D eigenvalue weighted by atomic mass is 10.0. The van der Waals surface area contributed by atoms with E-state index in [1.54, 1.807) is 7.11 Å². The van der Waals surface area contributed by atoms with Crippen LogP contribution in [0.3, 0.4) is 0 Å². The minimum absolute atomic E-state index is 0.234. The molecule has 0 unspecified atom stereocenters. The number of carboxylic acids is 1. The van der Waals surface area contributed by atoms with Gasteiger partial charge in [0.1, 0.15) is 5.75 Å². The molecule has 1 aliphatic heterocycles. The Morgan fingerprint density at radius 3 is 2.39 bits per heavy atom. The predicted molar refractivity (Wildman–Crippen MR) is 108 cm³/mol. The van der Waals surface area contributed by atoms with Crippen LogP contribution in [0.4, 0.5) is 13.2 Å². The van der Waals surface area contributed by atoms with Crippen molar-refractivity contribution in [2.75, 3.05) is 13.7 Å². The number of hydrogen-bond donors (Lipinski definition) is 1. The van der Waals surface area contributed by atoms with Crippen molar-refractivity contribution in [1.29, 1.82) is 0 Å². The number of fused-ring (bicyclic) bond motifs is 1. The number of carboxylic acid groups (broad SMARTS) is 1. The maximum Gasteiger partial charge on any atom is 0.490 e. The normalized spacial score (nSPS) is 14.1. The summed E-state index contributed by atoms with van der Waals surface area (Å²) < 4.78 is 44.7. The van der Waals surface area contributed by atoms with Crippen LogP contribution in [-0.2, 0) is 42.7 Å². The van der Waals surface area contributed by atoms with E-state index >= 15 is 0 Å². The van der Waals surface area contributed by atoms with Crippen molar-refractivity contribution in [2.24, 2.45) is 7.05 Å². The van der Waals surface area contributed by atoms with Crippen molar-refractivity contribution in [3.8, 4) is 5.75 Å². The summed E-state index contributed by atoms with van der Waals surface area (Å²) in [5.74, 6) is -1.85. The number of ether oxygens (including phenoxy) is 2. The van der Waals surface area contributed by atoms with Gasteiger partial charge < -0.3 is 14.6 Å². The molecule has 31 heavy (non-hydrogen) atoms. The summed E-state index contributed by atoms with van der Waals surface area (Å²) >= 11 is 0. The smallest absolute Gasteiger partial charge is 0.490 e. The van der Waals surface area contributed by atoms with E-state index in [1.807, 2.05) is 23.9 Å². The fourth-order valence-electron chi connectivity index (χ4n) is 3.20. The molecule has 3 rings (SSSR count). The zero-order valence-electron chi connectivity index (χ0n) is 18.1. The number of methoxy groups -OCH3 is 1. The van der Waals surface area contributed by atoms with E-state index in [-0.39, 0.29) is 6.10 Å². The average Bonchev–Trinajstić information content (AvgIpc) is 3.02. The molecule has 7 nitrogen and oxygen atoms in total. The highest BCUT2D eigenvalue weighted by atomic mass is 19.4. The van der Waals surface area contributed by atoms with Crippen LogP contribution in [0.25, 0.3) is 0 Å². The van der Waals surface area contributed by atoms with Crippen molar-refractivity contribution in [3.63, 3.8) is 0 Å². The van der Waals surface area contributed by atoms with Gasteiger partial charge in [-0.1, -0.05) is 12.1 Å². The molecule has 0 saturated carbocycles. The Bertz CT molecular complexity index is 864. The third-order valence-electron chi connectivity index (χ3n) is 4.77. The lowest BCUT2D eigenvalue weighted by Gasteiger charge is -2.27. The highest BCUT2D eigenvalue weighted by Gasteiger charge is 2.38. The van der Waals surface area contributed by atoms with E-state index in [1.165, 1.54) is 16.8 Å². The van der Waals surface area contributed by atoms with Gasteiger partial charge in [-0.25, -0.2) is 4.79 Å². The van der Waals surface area contributed by atoms with Crippen molar-refractivity contribution >= 4 is 5.97 Å². The van der Waals surface area contributed by atoms with E-state index in [4.69, 9.17) is 19.4 Å². The molecule has 0 fully saturated rings. The van der Waals surface area contributed by atoms with Crippen LogP contribution in [0.1, 0.15) is 36.4 Å². The van der Waals surface area contributed by atoms with Gasteiger partial charge in [0.15, 0.2) is 0 Å². The predicted octanol–water partition coefficient (Wildman–Crippen LogP) is 3.55. The molecule has 0 saturated heterocycles. The average molecular weight is 443 g/mol. The molecule has 0 atom stereocenters. The molecule has 0 bridgehead atoms. The van der Waals surface area contributed by atoms with Crippen LogP contribution in [0.2, 0.25) is 0 Å². The molecule has 1 aliphatic rings. The van der Waals surface area contributed by atoms with Crippen LogP contribution in [0.15, 0.2) is 24.3 Å². The molecule has 0 radical (unpaired) electrons. The second-order valence-electron chi connectivity index (χ2n) is 7.47. The summed E-state index contributed by atoms with van der Waals surface area (Å²) in [6, 6.07) is 8.32. The molecule has 10 heteroatoms. The zero-order chi connectivity index (χ0) is 23.2. The first-order valence-electron chi connectivity index (χ1n) is 9.81. The maximum absolute atomic E-state index is 10.6. The minimum atomic E-state index is -5.08. The second kappa shape index (κ2) is 10.6. The summed E-state index contributed by atoms with van der Waals surface area (Å²) in [5.41, 5.74) is 5.11. The second-order valence-corrected chi connectivity index (χ2v) is 7.47. The van der Waals surface area contributed by atoms with Crippen LogP contribution in [0.5, 0.6) is 5.75 Å². The summed E-state index contributed by atoms with van der Waals surface area (Å²) in [7, 11) is 3.73. The molecule has 2 aromatic rings. The lowest BCUT2D eigenvalue weighted by molar-refractivity contribution is -0.192.